The van der Waals surface area contributed by atoms with Crippen molar-refractivity contribution >= 4 is 11.8 Å². The summed E-state index contributed by atoms with van der Waals surface area (Å²) >= 11 is 2.05. The highest BCUT2D eigenvalue weighted by molar-refractivity contribution is 8.00. The van der Waals surface area contributed by atoms with Crippen LogP contribution in [-0.4, -0.2) is 29.6 Å². The van der Waals surface area contributed by atoms with Gasteiger partial charge < -0.3 is 11.1 Å². The largest absolute Gasteiger partial charge is 0.329 e. The van der Waals surface area contributed by atoms with Crippen LogP contribution in [-0.2, 0) is 0 Å². The van der Waals surface area contributed by atoms with Gasteiger partial charge in [0.25, 0.3) is 0 Å². The first-order valence-electron chi connectivity index (χ1n) is 6.25. The molecule has 1 rings (SSSR count). The van der Waals surface area contributed by atoms with E-state index in [4.69, 9.17) is 5.73 Å². The summed E-state index contributed by atoms with van der Waals surface area (Å²) in [7, 11) is 0. The van der Waals surface area contributed by atoms with Crippen molar-refractivity contribution in [2.24, 2.45) is 11.7 Å². The van der Waals surface area contributed by atoms with Crippen LogP contribution in [0, 0.1) is 5.92 Å². The van der Waals surface area contributed by atoms with Crippen LogP contribution >= 0.6 is 11.8 Å². The molecule has 90 valence electrons. The van der Waals surface area contributed by atoms with Gasteiger partial charge in [0.2, 0.25) is 0 Å². The molecule has 0 aromatic carbocycles. The lowest BCUT2D eigenvalue weighted by atomic mass is 9.91. The van der Waals surface area contributed by atoms with Crippen LogP contribution < -0.4 is 11.1 Å². The highest BCUT2D eigenvalue weighted by atomic mass is 32.2. The fourth-order valence-corrected chi connectivity index (χ4v) is 3.73. The molecule has 0 aliphatic carbocycles. The van der Waals surface area contributed by atoms with Crippen molar-refractivity contribution < 1.29 is 0 Å². The topological polar surface area (TPSA) is 38.0 Å². The zero-order valence-corrected chi connectivity index (χ0v) is 11.2. The van der Waals surface area contributed by atoms with Crippen molar-refractivity contribution in [3.05, 3.63) is 0 Å². The smallest absolute Gasteiger partial charge is 0.0429 e. The molecule has 3 N–H and O–H groups in total. The molecule has 3 heteroatoms. The van der Waals surface area contributed by atoms with Crippen LogP contribution in [0.2, 0.25) is 0 Å². The predicted octanol–water partition coefficient (Wildman–Crippen LogP) is 2.24. The number of nitrogens with two attached hydrogens (primary N) is 1. The molecule has 1 heterocycles. The summed E-state index contributed by atoms with van der Waals surface area (Å²) in [6, 6.07) is 0. The Morgan fingerprint density at radius 3 is 2.53 bits per heavy atom. The van der Waals surface area contributed by atoms with Crippen LogP contribution in [0.1, 0.15) is 40.0 Å². The molecule has 1 aliphatic heterocycles. The molecule has 2 atom stereocenters. The second kappa shape index (κ2) is 6.12. The van der Waals surface area contributed by atoms with E-state index in [-0.39, 0.29) is 5.54 Å². The third kappa shape index (κ3) is 3.11. The lowest BCUT2D eigenvalue weighted by molar-refractivity contribution is 0.300. The van der Waals surface area contributed by atoms with Crippen molar-refractivity contribution in [2.75, 3.05) is 18.8 Å². The third-order valence-corrected chi connectivity index (χ3v) is 5.35. The van der Waals surface area contributed by atoms with Gasteiger partial charge in [0.05, 0.1) is 0 Å². The average Bonchev–Trinajstić information content (AvgIpc) is 2.62. The molecule has 0 spiro atoms. The zero-order valence-electron chi connectivity index (χ0n) is 10.4. The number of thioether (sulfide) groups is 1. The minimum atomic E-state index is 0.216. The molecule has 1 saturated heterocycles. The van der Waals surface area contributed by atoms with Crippen molar-refractivity contribution in [2.45, 2.75) is 50.8 Å². The zero-order chi connectivity index (χ0) is 11.3. The monoisotopic (exact) mass is 230 g/mol. The van der Waals surface area contributed by atoms with Crippen molar-refractivity contribution in [1.82, 2.24) is 5.32 Å². The summed E-state index contributed by atoms with van der Waals surface area (Å²) in [6.45, 7) is 8.77. The molecule has 0 bridgehead atoms. The van der Waals surface area contributed by atoms with Crippen molar-refractivity contribution in [3.8, 4) is 0 Å². The van der Waals surface area contributed by atoms with Gasteiger partial charge >= 0.3 is 0 Å². The summed E-state index contributed by atoms with van der Waals surface area (Å²) in [5.74, 6) is 2.07. The van der Waals surface area contributed by atoms with Crippen LogP contribution in [0.5, 0.6) is 0 Å². The summed E-state index contributed by atoms with van der Waals surface area (Å²) in [5, 5.41) is 4.41. The molecule has 0 radical (unpaired) electrons. The number of hydrogen-bond donors (Lipinski definition) is 2. The van der Waals surface area contributed by atoms with E-state index in [1.807, 2.05) is 0 Å². The maximum Gasteiger partial charge on any atom is 0.0429 e. The maximum absolute atomic E-state index is 5.95. The second-order valence-electron chi connectivity index (χ2n) is 4.69. The van der Waals surface area contributed by atoms with E-state index >= 15 is 0 Å². The molecule has 2 nitrogen and oxygen atoms in total. The van der Waals surface area contributed by atoms with Gasteiger partial charge in [-0.2, -0.15) is 11.8 Å². The number of nitrogens with one attached hydrogen (secondary N) is 1. The minimum Gasteiger partial charge on any atom is -0.329 e. The molecule has 0 aromatic rings. The van der Waals surface area contributed by atoms with Crippen LogP contribution in [0.15, 0.2) is 0 Å². The van der Waals surface area contributed by atoms with E-state index in [0.29, 0.717) is 5.25 Å². The van der Waals surface area contributed by atoms with Gasteiger partial charge in [0, 0.05) is 17.3 Å². The Labute approximate surface area is 98.8 Å². The third-order valence-electron chi connectivity index (χ3n) is 3.96. The predicted molar refractivity (Wildman–Crippen MR) is 70.4 cm³/mol. The first-order chi connectivity index (χ1) is 7.18. The summed E-state index contributed by atoms with van der Waals surface area (Å²) in [6.07, 6.45) is 3.77. The first-order valence-corrected chi connectivity index (χ1v) is 7.30. The van der Waals surface area contributed by atoms with E-state index in [1.54, 1.807) is 0 Å². The standard InChI is InChI=1S/C12H26N2S/c1-4-11(5-2)8-14-12(9-13)6-7-15-10(12)3/h10-11,14H,4-9,13H2,1-3H3. The number of hydrogen-bond acceptors (Lipinski definition) is 3. The van der Waals surface area contributed by atoms with Gasteiger partial charge in [0.15, 0.2) is 0 Å². The van der Waals surface area contributed by atoms with Gasteiger partial charge in [-0.25, -0.2) is 0 Å². The molecule has 0 saturated carbocycles. The maximum atomic E-state index is 5.95. The Kier molecular flexibility index (Phi) is 5.44. The molecule has 15 heavy (non-hydrogen) atoms. The molecule has 1 aliphatic rings. The number of rotatable bonds is 6. The molecule has 2 unspecified atom stereocenters. The summed E-state index contributed by atoms with van der Waals surface area (Å²) in [5.41, 5.74) is 6.17. The molecule has 0 aromatic heterocycles. The Balaban J connectivity index is 2.46. The quantitative estimate of drug-likeness (QED) is 0.735. The lowest BCUT2D eigenvalue weighted by Gasteiger charge is -2.34. The van der Waals surface area contributed by atoms with Crippen LogP contribution in [0.3, 0.4) is 0 Å². The second-order valence-corrected chi connectivity index (χ2v) is 6.14. The molecule has 0 amide bonds. The SMILES string of the molecule is CCC(CC)CNC1(CN)CCSC1C. The Hall–Kier alpha value is 0.270. The molecular formula is C12H26N2S. The van der Waals surface area contributed by atoms with Gasteiger partial charge in [0.1, 0.15) is 0 Å². The van der Waals surface area contributed by atoms with E-state index in [0.717, 1.165) is 19.0 Å². The Morgan fingerprint density at radius 1 is 1.47 bits per heavy atom. The first kappa shape index (κ1) is 13.3. The minimum absolute atomic E-state index is 0.216. The van der Waals surface area contributed by atoms with Crippen molar-refractivity contribution in [3.63, 3.8) is 0 Å². The normalized spacial score (nSPS) is 31.4. The van der Waals surface area contributed by atoms with Gasteiger partial charge in [-0.05, 0) is 24.6 Å². The fourth-order valence-electron chi connectivity index (χ4n) is 2.28. The van der Waals surface area contributed by atoms with Crippen LogP contribution in [0.25, 0.3) is 0 Å². The van der Waals surface area contributed by atoms with Crippen LogP contribution in [0.4, 0.5) is 0 Å². The Morgan fingerprint density at radius 2 is 2.13 bits per heavy atom. The highest BCUT2D eigenvalue weighted by Gasteiger charge is 2.39. The Bertz CT molecular complexity index is 182. The molecule has 1 fully saturated rings. The van der Waals surface area contributed by atoms with Gasteiger partial charge in [-0.15, -0.1) is 0 Å². The fraction of sp³-hybridized carbons (Fsp3) is 1.00. The van der Waals surface area contributed by atoms with E-state index in [1.165, 1.54) is 25.0 Å². The lowest BCUT2D eigenvalue weighted by Crippen LogP contribution is -2.56. The summed E-state index contributed by atoms with van der Waals surface area (Å²) < 4.78 is 0. The van der Waals surface area contributed by atoms with Gasteiger partial charge in [-0.1, -0.05) is 33.6 Å². The summed E-state index contributed by atoms with van der Waals surface area (Å²) in [4.78, 5) is 0. The van der Waals surface area contributed by atoms with Crippen molar-refractivity contribution in [1.29, 1.82) is 0 Å². The van der Waals surface area contributed by atoms with E-state index in [2.05, 4.69) is 37.8 Å². The molecular weight excluding hydrogens is 204 g/mol. The van der Waals surface area contributed by atoms with E-state index < -0.39 is 0 Å². The van der Waals surface area contributed by atoms with E-state index in [9.17, 15) is 0 Å². The highest BCUT2D eigenvalue weighted by Crippen LogP contribution is 2.35. The average molecular weight is 230 g/mol. The van der Waals surface area contributed by atoms with Gasteiger partial charge in [-0.3, -0.25) is 0 Å².